The minimum Gasteiger partial charge on any atom is -0.329 e. The molecule has 1 aliphatic rings. The summed E-state index contributed by atoms with van der Waals surface area (Å²) in [7, 11) is 0. The van der Waals surface area contributed by atoms with Crippen LogP contribution in [-0.2, 0) is 17.4 Å². The highest BCUT2D eigenvalue weighted by molar-refractivity contribution is 5.93. The second-order valence-electron chi connectivity index (χ2n) is 3.48. The number of hydrogen-bond donors (Lipinski definition) is 0. The standard InChI is InChI=1S/C10H7F3N2O2/c11-10(12,13)9-14-8(15-17-9)5-6-2-1-3-7(16)4-6/h1-2,4H,3,5H2. The van der Waals surface area contributed by atoms with E-state index in [2.05, 4.69) is 14.7 Å². The van der Waals surface area contributed by atoms with Crippen molar-refractivity contribution in [1.29, 1.82) is 0 Å². The van der Waals surface area contributed by atoms with Crippen molar-refractivity contribution in [1.82, 2.24) is 10.1 Å². The van der Waals surface area contributed by atoms with Crippen LogP contribution in [0, 0.1) is 0 Å². The van der Waals surface area contributed by atoms with Crippen LogP contribution < -0.4 is 0 Å². The molecule has 1 aromatic heterocycles. The van der Waals surface area contributed by atoms with E-state index in [1.165, 1.54) is 6.08 Å². The number of carbonyl (C=O) groups is 1. The van der Waals surface area contributed by atoms with Crippen molar-refractivity contribution < 1.29 is 22.5 Å². The Balaban J connectivity index is 2.12. The van der Waals surface area contributed by atoms with Crippen molar-refractivity contribution >= 4 is 5.78 Å². The molecule has 0 N–H and O–H groups in total. The van der Waals surface area contributed by atoms with Crippen LogP contribution in [0.4, 0.5) is 13.2 Å². The van der Waals surface area contributed by atoms with E-state index in [-0.39, 0.29) is 18.0 Å². The average molecular weight is 244 g/mol. The van der Waals surface area contributed by atoms with E-state index in [0.717, 1.165) is 0 Å². The summed E-state index contributed by atoms with van der Waals surface area (Å²) >= 11 is 0. The molecule has 0 amide bonds. The second-order valence-corrected chi connectivity index (χ2v) is 3.48. The third-order valence-electron chi connectivity index (χ3n) is 2.07. The number of nitrogens with zero attached hydrogens (tertiary/aromatic N) is 2. The highest BCUT2D eigenvalue weighted by Crippen LogP contribution is 2.27. The molecule has 1 aliphatic carbocycles. The van der Waals surface area contributed by atoms with Gasteiger partial charge in [-0.2, -0.15) is 18.2 Å². The van der Waals surface area contributed by atoms with Gasteiger partial charge in [-0.05, 0) is 11.6 Å². The van der Waals surface area contributed by atoms with Gasteiger partial charge >= 0.3 is 12.1 Å². The Morgan fingerprint density at radius 1 is 1.41 bits per heavy atom. The molecule has 17 heavy (non-hydrogen) atoms. The Labute approximate surface area is 93.8 Å². The van der Waals surface area contributed by atoms with Gasteiger partial charge in [0.1, 0.15) is 0 Å². The molecule has 4 nitrogen and oxygen atoms in total. The summed E-state index contributed by atoms with van der Waals surface area (Å²) in [6.45, 7) is 0. The number of carbonyl (C=O) groups excluding carboxylic acids is 1. The molecule has 0 unspecified atom stereocenters. The Morgan fingerprint density at radius 3 is 2.76 bits per heavy atom. The fourth-order valence-electron chi connectivity index (χ4n) is 1.37. The molecule has 2 rings (SSSR count). The van der Waals surface area contributed by atoms with Crippen LogP contribution in [0.5, 0.6) is 0 Å². The third-order valence-corrected chi connectivity index (χ3v) is 2.07. The average Bonchev–Trinajstić information content (AvgIpc) is 2.65. The van der Waals surface area contributed by atoms with Gasteiger partial charge in [0, 0.05) is 12.8 Å². The number of allylic oxidation sites excluding steroid dienone is 4. The molecule has 0 atom stereocenters. The minimum absolute atomic E-state index is 0.0435. The first-order chi connectivity index (χ1) is 7.95. The maximum absolute atomic E-state index is 12.2. The van der Waals surface area contributed by atoms with Gasteiger partial charge in [0.25, 0.3) is 0 Å². The largest absolute Gasteiger partial charge is 0.471 e. The van der Waals surface area contributed by atoms with Crippen molar-refractivity contribution in [2.24, 2.45) is 0 Å². The van der Waals surface area contributed by atoms with E-state index in [1.807, 2.05) is 0 Å². The van der Waals surface area contributed by atoms with Crippen molar-refractivity contribution in [3.05, 3.63) is 35.5 Å². The summed E-state index contributed by atoms with van der Waals surface area (Å²) in [6.07, 6.45) is 0.375. The summed E-state index contributed by atoms with van der Waals surface area (Å²) < 4.78 is 40.6. The molecule has 0 fully saturated rings. The number of halogens is 3. The van der Waals surface area contributed by atoms with Crippen molar-refractivity contribution in [3.8, 4) is 0 Å². The number of aromatic nitrogens is 2. The van der Waals surface area contributed by atoms with Crippen molar-refractivity contribution in [3.63, 3.8) is 0 Å². The Hall–Kier alpha value is -1.92. The summed E-state index contributed by atoms with van der Waals surface area (Å²) in [5.74, 6) is -1.57. The van der Waals surface area contributed by atoms with E-state index in [4.69, 9.17) is 0 Å². The highest BCUT2D eigenvalue weighted by atomic mass is 19.4. The lowest BCUT2D eigenvalue weighted by atomic mass is 10.0. The van der Waals surface area contributed by atoms with Gasteiger partial charge in [-0.15, -0.1) is 0 Å². The Morgan fingerprint density at radius 2 is 2.18 bits per heavy atom. The van der Waals surface area contributed by atoms with Crippen molar-refractivity contribution in [2.75, 3.05) is 0 Å². The molecule has 0 saturated heterocycles. The zero-order chi connectivity index (χ0) is 12.5. The normalized spacial score (nSPS) is 16.2. The molecule has 0 radical (unpaired) electrons. The summed E-state index contributed by atoms with van der Waals surface area (Å²) in [6, 6.07) is 0. The van der Waals surface area contributed by atoms with E-state index in [9.17, 15) is 18.0 Å². The van der Waals surface area contributed by atoms with Crippen LogP contribution in [0.25, 0.3) is 0 Å². The zero-order valence-electron chi connectivity index (χ0n) is 8.49. The predicted octanol–water partition coefficient (Wildman–Crippen LogP) is 2.09. The lowest BCUT2D eigenvalue weighted by Crippen LogP contribution is -2.05. The van der Waals surface area contributed by atoms with Crippen LogP contribution in [-0.4, -0.2) is 15.9 Å². The van der Waals surface area contributed by atoms with Gasteiger partial charge in [0.05, 0.1) is 0 Å². The highest BCUT2D eigenvalue weighted by Gasteiger charge is 2.38. The molecule has 0 saturated carbocycles. The van der Waals surface area contributed by atoms with Gasteiger partial charge in [0.15, 0.2) is 11.6 Å². The van der Waals surface area contributed by atoms with Crippen LogP contribution in [0.15, 0.2) is 28.3 Å². The number of rotatable bonds is 2. The number of ketones is 1. The fourth-order valence-corrected chi connectivity index (χ4v) is 1.37. The van der Waals surface area contributed by atoms with Crippen molar-refractivity contribution in [2.45, 2.75) is 19.0 Å². The van der Waals surface area contributed by atoms with Crippen LogP contribution >= 0.6 is 0 Å². The molecular formula is C10H7F3N2O2. The van der Waals surface area contributed by atoms with E-state index < -0.39 is 12.1 Å². The predicted molar refractivity (Wildman–Crippen MR) is 49.9 cm³/mol. The first-order valence-corrected chi connectivity index (χ1v) is 4.75. The van der Waals surface area contributed by atoms with Crippen LogP contribution in [0.1, 0.15) is 18.1 Å². The van der Waals surface area contributed by atoms with Gasteiger partial charge in [0.2, 0.25) is 0 Å². The molecule has 90 valence electrons. The van der Waals surface area contributed by atoms with Gasteiger partial charge in [-0.1, -0.05) is 17.3 Å². The quantitative estimate of drug-likeness (QED) is 0.799. The number of alkyl halides is 3. The Bertz CT molecular complexity index is 500. The minimum atomic E-state index is -4.64. The van der Waals surface area contributed by atoms with Crippen LogP contribution in [0.3, 0.4) is 0 Å². The maximum atomic E-state index is 12.2. The van der Waals surface area contributed by atoms with Gasteiger partial charge in [-0.3, -0.25) is 4.79 Å². The number of hydrogen-bond acceptors (Lipinski definition) is 4. The van der Waals surface area contributed by atoms with E-state index >= 15 is 0 Å². The fraction of sp³-hybridized carbons (Fsp3) is 0.300. The molecule has 7 heteroatoms. The molecule has 0 aromatic carbocycles. The van der Waals surface area contributed by atoms with Gasteiger partial charge < -0.3 is 4.52 Å². The summed E-state index contributed by atoms with van der Waals surface area (Å²) in [5, 5.41) is 3.21. The molecule has 1 heterocycles. The SMILES string of the molecule is O=C1C=C(Cc2noc(C(F)(F)F)n2)C=CC1. The maximum Gasteiger partial charge on any atom is 0.471 e. The second kappa shape index (κ2) is 4.15. The monoisotopic (exact) mass is 244 g/mol. The molecular weight excluding hydrogens is 237 g/mol. The first-order valence-electron chi connectivity index (χ1n) is 4.75. The summed E-state index contributed by atoms with van der Waals surface area (Å²) in [5.41, 5.74) is 0.566. The third kappa shape index (κ3) is 2.80. The Kier molecular flexibility index (Phi) is 2.83. The molecule has 0 aliphatic heterocycles. The molecule has 0 spiro atoms. The zero-order valence-corrected chi connectivity index (χ0v) is 8.49. The topological polar surface area (TPSA) is 56.0 Å². The first kappa shape index (κ1) is 11.6. The lowest BCUT2D eigenvalue weighted by Gasteiger charge is -2.02. The smallest absolute Gasteiger partial charge is 0.329 e. The van der Waals surface area contributed by atoms with Gasteiger partial charge in [-0.25, -0.2) is 0 Å². The lowest BCUT2D eigenvalue weighted by molar-refractivity contribution is -0.159. The molecule has 0 bridgehead atoms. The van der Waals surface area contributed by atoms with E-state index in [1.54, 1.807) is 12.2 Å². The summed E-state index contributed by atoms with van der Waals surface area (Å²) in [4.78, 5) is 14.3. The van der Waals surface area contributed by atoms with Crippen LogP contribution in [0.2, 0.25) is 0 Å². The van der Waals surface area contributed by atoms with E-state index in [0.29, 0.717) is 12.0 Å². The molecule has 1 aromatic rings.